The lowest BCUT2D eigenvalue weighted by atomic mass is 10.1. The first kappa shape index (κ1) is 16.2. The van der Waals surface area contributed by atoms with Crippen LogP contribution in [-0.2, 0) is 21.5 Å². The number of amides is 1. The second-order valence-corrected chi connectivity index (χ2v) is 6.57. The van der Waals surface area contributed by atoms with E-state index in [4.69, 9.17) is 0 Å². The summed E-state index contributed by atoms with van der Waals surface area (Å²) >= 11 is 0. The van der Waals surface area contributed by atoms with E-state index in [-0.39, 0.29) is 12.3 Å². The van der Waals surface area contributed by atoms with Crippen LogP contribution in [0, 0.1) is 6.92 Å². The number of hydrogen-bond acceptors (Lipinski definition) is 3. The summed E-state index contributed by atoms with van der Waals surface area (Å²) in [6, 6.07) is 7.82. The monoisotopic (exact) mass is 321 g/mol. The van der Waals surface area contributed by atoms with Gasteiger partial charge in [0.05, 0.1) is 12.1 Å². The molecule has 0 saturated carbocycles. The molecule has 1 amide bonds. The van der Waals surface area contributed by atoms with Crippen molar-refractivity contribution in [3.8, 4) is 0 Å². The maximum atomic E-state index is 12.1. The standard InChI is InChI=1S/C15H19N3O3S/c1-10-6-4-5-7-13(10)9-16-15(19)8-14-11(2)17-22(20,21)18-12(14)3/h4-7,17H,8-9H2,1-3H3,(H,16,19). The van der Waals surface area contributed by atoms with Gasteiger partial charge in [-0.05, 0) is 31.9 Å². The molecule has 0 bridgehead atoms. The normalized spacial score (nSPS) is 16.8. The maximum absolute atomic E-state index is 12.1. The van der Waals surface area contributed by atoms with Crippen LogP contribution in [0.5, 0.6) is 0 Å². The summed E-state index contributed by atoms with van der Waals surface area (Å²) in [5.41, 5.74) is 3.57. The number of nitrogens with one attached hydrogen (secondary N) is 2. The SMILES string of the molecule is CC1=NS(=O)(=O)NC(C)=C1CC(=O)NCc1ccccc1C. The minimum atomic E-state index is -3.66. The van der Waals surface area contributed by atoms with Gasteiger partial charge in [-0.1, -0.05) is 24.3 Å². The van der Waals surface area contributed by atoms with E-state index in [1.54, 1.807) is 13.8 Å². The predicted octanol–water partition coefficient (Wildman–Crippen LogP) is 1.58. The van der Waals surface area contributed by atoms with Crippen LogP contribution in [0.3, 0.4) is 0 Å². The summed E-state index contributed by atoms with van der Waals surface area (Å²) in [6.07, 6.45) is 0.0928. The van der Waals surface area contributed by atoms with Crippen molar-refractivity contribution in [1.29, 1.82) is 0 Å². The fourth-order valence-corrected chi connectivity index (χ4v) is 3.30. The second kappa shape index (κ2) is 6.31. The predicted molar refractivity (Wildman–Crippen MR) is 85.5 cm³/mol. The van der Waals surface area contributed by atoms with Gasteiger partial charge in [0.2, 0.25) is 5.91 Å². The molecule has 0 atom stereocenters. The second-order valence-electron chi connectivity index (χ2n) is 5.24. The van der Waals surface area contributed by atoms with Crippen molar-refractivity contribution >= 4 is 21.8 Å². The largest absolute Gasteiger partial charge is 0.352 e. The summed E-state index contributed by atoms with van der Waals surface area (Å²) in [6.45, 7) is 5.65. The van der Waals surface area contributed by atoms with Crippen LogP contribution in [0.2, 0.25) is 0 Å². The van der Waals surface area contributed by atoms with Crippen molar-refractivity contribution < 1.29 is 13.2 Å². The number of hydrogen-bond donors (Lipinski definition) is 2. The Labute approximate surface area is 130 Å². The Morgan fingerprint density at radius 2 is 1.91 bits per heavy atom. The van der Waals surface area contributed by atoms with Gasteiger partial charge in [0.1, 0.15) is 0 Å². The first-order chi connectivity index (χ1) is 10.3. The molecular weight excluding hydrogens is 302 g/mol. The molecule has 2 N–H and O–H groups in total. The first-order valence-corrected chi connectivity index (χ1v) is 8.33. The molecule has 0 saturated heterocycles. The molecule has 7 heteroatoms. The molecule has 0 fully saturated rings. The molecule has 1 heterocycles. The highest BCUT2D eigenvalue weighted by molar-refractivity contribution is 7.88. The zero-order valence-corrected chi connectivity index (χ0v) is 13.6. The lowest BCUT2D eigenvalue weighted by Gasteiger charge is -2.18. The average molecular weight is 321 g/mol. The summed E-state index contributed by atoms with van der Waals surface area (Å²) in [7, 11) is -3.66. The van der Waals surface area contributed by atoms with Crippen LogP contribution < -0.4 is 10.0 Å². The van der Waals surface area contributed by atoms with Crippen molar-refractivity contribution in [2.75, 3.05) is 0 Å². The Morgan fingerprint density at radius 3 is 2.55 bits per heavy atom. The lowest BCUT2D eigenvalue weighted by molar-refractivity contribution is -0.120. The molecule has 0 unspecified atom stereocenters. The summed E-state index contributed by atoms with van der Waals surface area (Å²) in [5.74, 6) is -0.173. The van der Waals surface area contributed by atoms with Crippen LogP contribution in [0.25, 0.3) is 0 Å². The zero-order chi connectivity index (χ0) is 16.3. The number of rotatable bonds is 4. The summed E-state index contributed by atoms with van der Waals surface area (Å²) in [4.78, 5) is 12.1. The zero-order valence-electron chi connectivity index (χ0n) is 12.8. The third-order valence-corrected chi connectivity index (χ3v) is 4.58. The van der Waals surface area contributed by atoms with Gasteiger partial charge in [0.25, 0.3) is 0 Å². The molecule has 1 aliphatic heterocycles. The fourth-order valence-electron chi connectivity index (χ4n) is 2.27. The van der Waals surface area contributed by atoms with Gasteiger partial charge in [-0.3, -0.25) is 9.52 Å². The molecule has 1 aromatic carbocycles. The highest BCUT2D eigenvalue weighted by Gasteiger charge is 2.22. The molecule has 1 aliphatic rings. The average Bonchev–Trinajstić information content (AvgIpc) is 2.41. The number of allylic oxidation sites excluding steroid dienone is 1. The van der Waals surface area contributed by atoms with Crippen LogP contribution in [0.15, 0.2) is 39.9 Å². The molecule has 6 nitrogen and oxygen atoms in total. The van der Waals surface area contributed by atoms with E-state index in [0.717, 1.165) is 11.1 Å². The van der Waals surface area contributed by atoms with E-state index in [1.165, 1.54) is 0 Å². The lowest BCUT2D eigenvalue weighted by Crippen LogP contribution is -2.31. The van der Waals surface area contributed by atoms with E-state index in [2.05, 4.69) is 14.4 Å². The highest BCUT2D eigenvalue weighted by atomic mass is 32.2. The smallest absolute Gasteiger partial charge is 0.342 e. The molecule has 0 aliphatic carbocycles. The van der Waals surface area contributed by atoms with Crippen LogP contribution in [0.4, 0.5) is 0 Å². The molecule has 2 rings (SSSR count). The molecule has 0 spiro atoms. The Balaban J connectivity index is 2.01. The van der Waals surface area contributed by atoms with E-state index in [1.807, 2.05) is 31.2 Å². The topological polar surface area (TPSA) is 87.6 Å². The van der Waals surface area contributed by atoms with E-state index < -0.39 is 10.2 Å². The van der Waals surface area contributed by atoms with E-state index in [9.17, 15) is 13.2 Å². The van der Waals surface area contributed by atoms with E-state index >= 15 is 0 Å². The number of nitrogens with zero attached hydrogens (tertiary/aromatic N) is 1. The van der Waals surface area contributed by atoms with Crippen LogP contribution in [0.1, 0.15) is 31.4 Å². The molecule has 118 valence electrons. The van der Waals surface area contributed by atoms with Crippen LogP contribution in [-0.4, -0.2) is 20.0 Å². The maximum Gasteiger partial charge on any atom is 0.342 e. The Kier molecular flexibility index (Phi) is 4.65. The Morgan fingerprint density at radius 1 is 1.23 bits per heavy atom. The Bertz CT molecular complexity index is 764. The third kappa shape index (κ3) is 3.94. The van der Waals surface area contributed by atoms with Crippen molar-refractivity contribution in [3.63, 3.8) is 0 Å². The minimum absolute atomic E-state index is 0.0928. The van der Waals surface area contributed by atoms with Gasteiger partial charge in [0.15, 0.2) is 0 Å². The van der Waals surface area contributed by atoms with Crippen molar-refractivity contribution in [1.82, 2.24) is 10.0 Å². The van der Waals surface area contributed by atoms with Crippen molar-refractivity contribution in [3.05, 3.63) is 46.7 Å². The molecular formula is C15H19N3O3S. The van der Waals surface area contributed by atoms with Crippen LogP contribution >= 0.6 is 0 Å². The summed E-state index contributed by atoms with van der Waals surface area (Å²) in [5, 5.41) is 2.84. The molecule has 0 radical (unpaired) electrons. The third-order valence-electron chi connectivity index (χ3n) is 3.50. The highest BCUT2D eigenvalue weighted by Crippen LogP contribution is 2.16. The number of benzene rings is 1. The summed E-state index contributed by atoms with van der Waals surface area (Å²) < 4.78 is 28.7. The van der Waals surface area contributed by atoms with Gasteiger partial charge >= 0.3 is 10.2 Å². The van der Waals surface area contributed by atoms with Gasteiger partial charge in [-0.2, -0.15) is 8.42 Å². The molecule has 1 aromatic rings. The molecule has 22 heavy (non-hydrogen) atoms. The number of carbonyl (C=O) groups is 1. The number of carbonyl (C=O) groups excluding carboxylic acids is 1. The van der Waals surface area contributed by atoms with Gasteiger partial charge < -0.3 is 5.32 Å². The fraction of sp³-hybridized carbons (Fsp3) is 0.333. The molecule has 0 aromatic heterocycles. The van der Waals surface area contributed by atoms with Gasteiger partial charge in [0, 0.05) is 17.8 Å². The Hall–Kier alpha value is -2.15. The minimum Gasteiger partial charge on any atom is -0.352 e. The quantitative estimate of drug-likeness (QED) is 0.882. The first-order valence-electron chi connectivity index (χ1n) is 6.89. The van der Waals surface area contributed by atoms with Crippen molar-refractivity contribution in [2.24, 2.45) is 4.40 Å². The van der Waals surface area contributed by atoms with Gasteiger partial charge in [-0.25, -0.2) is 0 Å². The van der Waals surface area contributed by atoms with E-state index in [0.29, 0.717) is 23.5 Å². The van der Waals surface area contributed by atoms with Gasteiger partial charge in [-0.15, -0.1) is 4.40 Å². The number of aryl methyl sites for hydroxylation is 1. The van der Waals surface area contributed by atoms with Crippen molar-refractivity contribution in [2.45, 2.75) is 33.7 Å².